The Bertz CT molecular complexity index is 1170. The predicted molar refractivity (Wildman–Crippen MR) is 123 cm³/mol. The van der Waals surface area contributed by atoms with Gasteiger partial charge in [0.1, 0.15) is 4.83 Å². The van der Waals surface area contributed by atoms with Crippen LogP contribution in [0, 0.1) is 13.8 Å². The molecule has 0 spiro atoms. The lowest BCUT2D eigenvalue weighted by Gasteiger charge is -2.12. The lowest BCUT2D eigenvalue weighted by molar-refractivity contribution is -0.113. The number of rotatable bonds is 7. The van der Waals surface area contributed by atoms with Gasteiger partial charge >= 0.3 is 0 Å². The summed E-state index contributed by atoms with van der Waals surface area (Å²) in [6, 6.07) is 6.13. The fourth-order valence-corrected chi connectivity index (χ4v) is 5.67. The normalized spacial score (nSPS) is 13.0. The Labute approximate surface area is 183 Å². The van der Waals surface area contributed by atoms with Crippen molar-refractivity contribution in [3.8, 4) is 0 Å². The van der Waals surface area contributed by atoms with E-state index in [2.05, 4.69) is 17.4 Å². The molecule has 158 valence electrons. The second kappa shape index (κ2) is 8.91. The standard InChI is InChI=1S/C22H25N3O3S2/c1-13-14(2)30-20-19(13)21(27)25(9-10-28-3)22(24-20)29-12-18(26)23-17-8-7-15-5-4-6-16(15)11-17/h7-8,11H,4-6,9-10,12H2,1-3H3,(H,23,26). The van der Waals surface area contributed by atoms with Crippen LogP contribution in [0.4, 0.5) is 5.69 Å². The zero-order chi connectivity index (χ0) is 21.3. The molecule has 30 heavy (non-hydrogen) atoms. The third-order valence-electron chi connectivity index (χ3n) is 5.49. The smallest absolute Gasteiger partial charge is 0.263 e. The highest BCUT2D eigenvalue weighted by Gasteiger charge is 2.18. The van der Waals surface area contributed by atoms with Crippen molar-refractivity contribution in [3.63, 3.8) is 0 Å². The van der Waals surface area contributed by atoms with Gasteiger partial charge in [-0.25, -0.2) is 4.98 Å². The van der Waals surface area contributed by atoms with Crippen molar-refractivity contribution in [1.82, 2.24) is 9.55 Å². The average Bonchev–Trinajstić information content (AvgIpc) is 3.29. The largest absolute Gasteiger partial charge is 0.383 e. The minimum atomic E-state index is -0.107. The Kier molecular flexibility index (Phi) is 6.26. The molecule has 0 unspecified atom stereocenters. The summed E-state index contributed by atoms with van der Waals surface area (Å²) >= 11 is 2.80. The molecule has 2 aromatic heterocycles. The number of ether oxygens (including phenoxy) is 1. The average molecular weight is 444 g/mol. The third-order valence-corrected chi connectivity index (χ3v) is 7.57. The number of thiophene rings is 1. The van der Waals surface area contributed by atoms with Crippen LogP contribution in [0.15, 0.2) is 28.2 Å². The number of amides is 1. The van der Waals surface area contributed by atoms with Gasteiger partial charge in [0, 0.05) is 17.7 Å². The number of hydrogen-bond donors (Lipinski definition) is 1. The van der Waals surface area contributed by atoms with Gasteiger partial charge in [-0.15, -0.1) is 11.3 Å². The van der Waals surface area contributed by atoms with Crippen LogP contribution in [-0.2, 0) is 28.9 Å². The number of methoxy groups -OCH3 is 1. The highest BCUT2D eigenvalue weighted by atomic mass is 32.2. The van der Waals surface area contributed by atoms with Crippen molar-refractivity contribution in [2.45, 2.75) is 44.8 Å². The minimum absolute atomic E-state index is 0.0690. The van der Waals surface area contributed by atoms with Crippen molar-refractivity contribution in [1.29, 1.82) is 0 Å². The SMILES string of the molecule is COCCn1c(SCC(=O)Nc2ccc3c(c2)CCC3)nc2sc(C)c(C)c2c1=O. The number of aromatic nitrogens is 2. The van der Waals surface area contributed by atoms with Gasteiger partial charge in [-0.1, -0.05) is 17.8 Å². The first kappa shape index (κ1) is 21.1. The molecule has 1 amide bonds. The van der Waals surface area contributed by atoms with Crippen LogP contribution in [0.5, 0.6) is 0 Å². The topological polar surface area (TPSA) is 73.2 Å². The van der Waals surface area contributed by atoms with Crippen LogP contribution in [0.25, 0.3) is 10.2 Å². The number of fused-ring (bicyclic) bond motifs is 2. The number of carbonyl (C=O) groups excluding carboxylic acids is 1. The lowest BCUT2D eigenvalue weighted by Crippen LogP contribution is -2.26. The monoisotopic (exact) mass is 443 g/mol. The minimum Gasteiger partial charge on any atom is -0.383 e. The van der Waals surface area contributed by atoms with Gasteiger partial charge in [-0.3, -0.25) is 14.2 Å². The van der Waals surface area contributed by atoms with E-state index >= 15 is 0 Å². The molecule has 1 aromatic carbocycles. The molecule has 8 heteroatoms. The lowest BCUT2D eigenvalue weighted by atomic mass is 10.1. The Morgan fingerprint density at radius 3 is 2.90 bits per heavy atom. The Morgan fingerprint density at radius 1 is 1.30 bits per heavy atom. The Morgan fingerprint density at radius 2 is 2.10 bits per heavy atom. The van der Waals surface area contributed by atoms with Gasteiger partial charge in [-0.05, 0) is 61.9 Å². The van der Waals surface area contributed by atoms with E-state index in [9.17, 15) is 9.59 Å². The molecule has 0 atom stereocenters. The summed E-state index contributed by atoms with van der Waals surface area (Å²) in [5.41, 5.74) is 4.43. The summed E-state index contributed by atoms with van der Waals surface area (Å²) in [5.74, 6) is 0.0786. The third kappa shape index (κ3) is 4.17. The van der Waals surface area contributed by atoms with Crippen molar-refractivity contribution < 1.29 is 9.53 Å². The zero-order valence-electron chi connectivity index (χ0n) is 17.4. The molecule has 0 fully saturated rings. The van der Waals surface area contributed by atoms with Gasteiger partial charge in [0.05, 0.1) is 24.3 Å². The number of aryl methyl sites for hydroxylation is 4. The van der Waals surface area contributed by atoms with E-state index in [0.717, 1.165) is 33.8 Å². The van der Waals surface area contributed by atoms with E-state index in [-0.39, 0.29) is 17.2 Å². The van der Waals surface area contributed by atoms with Gasteiger partial charge in [0.25, 0.3) is 5.56 Å². The molecular weight excluding hydrogens is 418 g/mol. The summed E-state index contributed by atoms with van der Waals surface area (Å²) in [7, 11) is 1.61. The number of thioether (sulfide) groups is 1. The van der Waals surface area contributed by atoms with Crippen molar-refractivity contribution in [2.24, 2.45) is 0 Å². The molecular formula is C22H25N3O3S2. The number of hydrogen-bond acceptors (Lipinski definition) is 6. The second-order valence-electron chi connectivity index (χ2n) is 7.48. The quantitative estimate of drug-likeness (QED) is 0.442. The summed E-state index contributed by atoms with van der Waals surface area (Å²) < 4.78 is 6.79. The fourth-order valence-electron chi connectivity index (χ4n) is 3.78. The maximum Gasteiger partial charge on any atom is 0.263 e. The summed E-state index contributed by atoms with van der Waals surface area (Å²) in [6.45, 7) is 4.76. The van der Waals surface area contributed by atoms with E-state index in [0.29, 0.717) is 23.7 Å². The van der Waals surface area contributed by atoms with Crippen LogP contribution in [-0.4, -0.2) is 34.9 Å². The van der Waals surface area contributed by atoms with E-state index in [1.807, 2.05) is 19.9 Å². The van der Waals surface area contributed by atoms with Crippen molar-refractivity contribution in [3.05, 3.63) is 50.1 Å². The maximum atomic E-state index is 13.1. The van der Waals surface area contributed by atoms with Gasteiger partial charge < -0.3 is 10.1 Å². The number of anilines is 1. The molecule has 4 rings (SSSR count). The zero-order valence-corrected chi connectivity index (χ0v) is 19.0. The molecule has 1 aliphatic carbocycles. The number of nitrogens with one attached hydrogen (secondary N) is 1. The molecule has 0 saturated carbocycles. The van der Waals surface area contributed by atoms with Gasteiger partial charge in [0.2, 0.25) is 5.91 Å². The summed E-state index contributed by atoms with van der Waals surface area (Å²) in [5, 5.41) is 4.19. The first-order valence-electron chi connectivity index (χ1n) is 10.0. The molecule has 0 saturated heterocycles. The van der Waals surface area contributed by atoms with E-state index in [1.54, 1.807) is 11.7 Å². The highest BCUT2D eigenvalue weighted by molar-refractivity contribution is 7.99. The fraction of sp³-hybridized carbons (Fsp3) is 0.409. The Hall–Kier alpha value is -2.16. The van der Waals surface area contributed by atoms with Crippen LogP contribution >= 0.6 is 23.1 Å². The number of nitrogens with zero attached hydrogens (tertiary/aromatic N) is 2. The van der Waals surface area contributed by atoms with E-state index in [4.69, 9.17) is 9.72 Å². The summed E-state index contributed by atoms with van der Waals surface area (Å²) in [4.78, 5) is 32.2. The van der Waals surface area contributed by atoms with E-state index < -0.39 is 0 Å². The number of carbonyl (C=O) groups is 1. The van der Waals surface area contributed by atoms with Crippen molar-refractivity contribution in [2.75, 3.05) is 24.8 Å². The van der Waals surface area contributed by atoms with Gasteiger partial charge in [0.15, 0.2) is 5.16 Å². The van der Waals surface area contributed by atoms with E-state index in [1.165, 1.54) is 40.6 Å². The molecule has 3 aromatic rings. The summed E-state index contributed by atoms with van der Waals surface area (Å²) in [6.07, 6.45) is 3.37. The molecule has 0 radical (unpaired) electrons. The molecule has 0 bridgehead atoms. The first-order chi connectivity index (χ1) is 14.5. The molecule has 6 nitrogen and oxygen atoms in total. The van der Waals surface area contributed by atoms with Crippen LogP contribution in [0.2, 0.25) is 0 Å². The number of benzene rings is 1. The predicted octanol–water partition coefficient (Wildman–Crippen LogP) is 3.94. The Balaban J connectivity index is 1.53. The van der Waals surface area contributed by atoms with Crippen LogP contribution in [0.1, 0.15) is 28.0 Å². The molecule has 0 aliphatic heterocycles. The second-order valence-corrected chi connectivity index (χ2v) is 9.63. The van der Waals surface area contributed by atoms with Crippen molar-refractivity contribution >= 4 is 44.9 Å². The first-order valence-corrected chi connectivity index (χ1v) is 11.8. The molecule has 2 heterocycles. The van der Waals surface area contributed by atoms with Crippen LogP contribution in [0.3, 0.4) is 0 Å². The van der Waals surface area contributed by atoms with Gasteiger partial charge in [-0.2, -0.15) is 0 Å². The van der Waals surface area contributed by atoms with Crippen LogP contribution < -0.4 is 10.9 Å². The molecule has 1 N–H and O–H groups in total. The highest BCUT2D eigenvalue weighted by Crippen LogP contribution is 2.29. The maximum absolute atomic E-state index is 13.1. The molecule has 1 aliphatic rings.